The van der Waals surface area contributed by atoms with Crippen LogP contribution in [0.2, 0.25) is 0 Å². The lowest BCUT2D eigenvalue weighted by Crippen LogP contribution is -2.11. The summed E-state index contributed by atoms with van der Waals surface area (Å²) in [6, 6.07) is 0. The largest absolute Gasteiger partial charge is 0.424 e. The van der Waals surface area contributed by atoms with Gasteiger partial charge in [-0.15, -0.1) is 15.3 Å². The number of hydrogen-bond acceptors (Lipinski definition) is 6. The lowest BCUT2D eigenvalue weighted by Gasteiger charge is -1.94. The van der Waals surface area contributed by atoms with Gasteiger partial charge in [-0.3, -0.25) is 0 Å². The zero-order chi connectivity index (χ0) is 11.4. The first-order valence-electron chi connectivity index (χ1n) is 5.16. The third-order valence-electron chi connectivity index (χ3n) is 2.01. The number of rotatable bonds is 5. The summed E-state index contributed by atoms with van der Waals surface area (Å²) in [5.74, 6) is 1.10. The number of aryl methyl sites for hydroxylation is 1. The molecule has 2 aromatic heterocycles. The monoisotopic (exact) mass is 222 g/mol. The molecule has 0 fully saturated rings. The molecule has 0 radical (unpaired) electrons. The van der Waals surface area contributed by atoms with Crippen molar-refractivity contribution in [3.8, 4) is 0 Å². The second kappa shape index (κ2) is 4.84. The van der Waals surface area contributed by atoms with Gasteiger partial charge in [0.2, 0.25) is 11.8 Å². The highest BCUT2D eigenvalue weighted by molar-refractivity contribution is 4.93. The van der Waals surface area contributed by atoms with Crippen molar-refractivity contribution in [1.29, 1.82) is 0 Å². The number of nitrogens with one attached hydrogen (secondary N) is 1. The maximum absolute atomic E-state index is 5.25. The van der Waals surface area contributed by atoms with Gasteiger partial charge in [-0.2, -0.15) is 0 Å². The van der Waals surface area contributed by atoms with E-state index in [0.29, 0.717) is 18.3 Å². The molecule has 2 heterocycles. The predicted octanol–water partition coefficient (Wildman–Crippen LogP) is 0.127. The molecule has 0 unspecified atom stereocenters. The molecule has 2 aromatic rings. The molecule has 0 aromatic carbocycles. The molecule has 2 rings (SSSR count). The summed E-state index contributed by atoms with van der Waals surface area (Å²) in [6.45, 7) is 5.90. The van der Waals surface area contributed by atoms with Gasteiger partial charge in [-0.25, -0.2) is 4.68 Å². The Bertz CT molecular complexity index is 448. The van der Waals surface area contributed by atoms with E-state index < -0.39 is 0 Å². The Labute approximate surface area is 92.9 Å². The van der Waals surface area contributed by atoms with Gasteiger partial charge < -0.3 is 9.73 Å². The van der Waals surface area contributed by atoms with Crippen molar-refractivity contribution in [3.05, 3.63) is 23.7 Å². The standard InChI is InChI=1S/C9H14N6O/c1-3-10-4-8-5-15(14-12-8)6-9-13-11-7(2)16-9/h5,10H,3-4,6H2,1-2H3. The molecule has 16 heavy (non-hydrogen) atoms. The topological polar surface area (TPSA) is 81.7 Å². The molecule has 0 saturated heterocycles. The molecule has 7 nitrogen and oxygen atoms in total. The summed E-state index contributed by atoms with van der Waals surface area (Å²) < 4.78 is 6.93. The van der Waals surface area contributed by atoms with E-state index in [-0.39, 0.29) is 0 Å². The van der Waals surface area contributed by atoms with E-state index in [9.17, 15) is 0 Å². The Morgan fingerprint density at radius 1 is 1.38 bits per heavy atom. The zero-order valence-electron chi connectivity index (χ0n) is 9.34. The smallest absolute Gasteiger partial charge is 0.237 e. The van der Waals surface area contributed by atoms with Crippen LogP contribution in [0.1, 0.15) is 24.4 Å². The van der Waals surface area contributed by atoms with E-state index in [1.807, 2.05) is 13.1 Å². The van der Waals surface area contributed by atoms with Gasteiger partial charge in [0.25, 0.3) is 0 Å². The third-order valence-corrected chi connectivity index (χ3v) is 2.01. The fourth-order valence-electron chi connectivity index (χ4n) is 1.29. The van der Waals surface area contributed by atoms with Gasteiger partial charge in [-0.05, 0) is 6.54 Å². The maximum atomic E-state index is 5.25. The molecular formula is C9H14N6O. The molecule has 0 aliphatic rings. The van der Waals surface area contributed by atoms with Crippen LogP contribution >= 0.6 is 0 Å². The average molecular weight is 222 g/mol. The van der Waals surface area contributed by atoms with E-state index in [1.165, 1.54) is 0 Å². The number of hydrogen-bond donors (Lipinski definition) is 1. The summed E-state index contributed by atoms with van der Waals surface area (Å²) >= 11 is 0. The van der Waals surface area contributed by atoms with Crippen molar-refractivity contribution in [2.24, 2.45) is 0 Å². The second-order valence-electron chi connectivity index (χ2n) is 3.40. The molecule has 0 aliphatic heterocycles. The summed E-state index contributed by atoms with van der Waals surface area (Å²) in [6.07, 6.45) is 1.86. The van der Waals surface area contributed by atoms with Crippen LogP contribution in [0.25, 0.3) is 0 Å². The summed E-state index contributed by atoms with van der Waals surface area (Å²) in [7, 11) is 0. The maximum Gasteiger partial charge on any atom is 0.237 e. The van der Waals surface area contributed by atoms with Crippen molar-refractivity contribution < 1.29 is 4.42 Å². The number of aromatic nitrogens is 5. The van der Waals surface area contributed by atoms with Gasteiger partial charge in [0, 0.05) is 13.5 Å². The minimum atomic E-state index is 0.458. The van der Waals surface area contributed by atoms with Crippen molar-refractivity contribution in [2.75, 3.05) is 6.54 Å². The van der Waals surface area contributed by atoms with E-state index >= 15 is 0 Å². The Balaban J connectivity index is 1.97. The van der Waals surface area contributed by atoms with Crippen LogP contribution in [-0.2, 0) is 13.1 Å². The van der Waals surface area contributed by atoms with E-state index in [2.05, 4.69) is 25.8 Å². The van der Waals surface area contributed by atoms with Gasteiger partial charge in [0.15, 0.2) is 0 Å². The first kappa shape index (κ1) is 10.7. The normalized spacial score (nSPS) is 10.9. The summed E-state index contributed by atoms with van der Waals surface area (Å²) in [5, 5.41) is 18.8. The van der Waals surface area contributed by atoms with Crippen molar-refractivity contribution in [3.63, 3.8) is 0 Å². The molecule has 0 aliphatic carbocycles. The molecule has 0 bridgehead atoms. The molecule has 0 saturated carbocycles. The molecule has 0 atom stereocenters. The molecule has 7 heteroatoms. The minimum Gasteiger partial charge on any atom is -0.424 e. The lowest BCUT2D eigenvalue weighted by molar-refractivity contribution is 0.441. The van der Waals surface area contributed by atoms with Crippen molar-refractivity contribution >= 4 is 0 Å². The SMILES string of the molecule is CCNCc1cn(Cc2nnc(C)o2)nn1. The first-order valence-corrected chi connectivity index (χ1v) is 5.16. The van der Waals surface area contributed by atoms with Crippen LogP contribution in [-0.4, -0.2) is 31.7 Å². The van der Waals surface area contributed by atoms with E-state index in [1.54, 1.807) is 11.6 Å². The second-order valence-corrected chi connectivity index (χ2v) is 3.40. The van der Waals surface area contributed by atoms with Crippen LogP contribution < -0.4 is 5.32 Å². The first-order chi connectivity index (χ1) is 7.78. The zero-order valence-corrected chi connectivity index (χ0v) is 9.34. The highest BCUT2D eigenvalue weighted by atomic mass is 16.4. The number of nitrogens with zero attached hydrogens (tertiary/aromatic N) is 5. The van der Waals surface area contributed by atoms with Crippen LogP contribution in [0.3, 0.4) is 0 Å². The van der Waals surface area contributed by atoms with E-state index in [4.69, 9.17) is 4.42 Å². The van der Waals surface area contributed by atoms with Gasteiger partial charge in [-0.1, -0.05) is 12.1 Å². The van der Waals surface area contributed by atoms with Gasteiger partial charge >= 0.3 is 0 Å². The molecule has 0 spiro atoms. The van der Waals surface area contributed by atoms with Crippen molar-refractivity contribution in [1.82, 2.24) is 30.5 Å². The summed E-state index contributed by atoms with van der Waals surface area (Å²) in [4.78, 5) is 0. The molecular weight excluding hydrogens is 208 g/mol. The molecule has 1 N–H and O–H groups in total. The predicted molar refractivity (Wildman–Crippen MR) is 55.5 cm³/mol. The highest BCUT2D eigenvalue weighted by Crippen LogP contribution is 2.01. The van der Waals surface area contributed by atoms with Crippen molar-refractivity contribution in [2.45, 2.75) is 26.9 Å². The highest BCUT2D eigenvalue weighted by Gasteiger charge is 2.05. The average Bonchev–Trinajstić information content (AvgIpc) is 2.86. The van der Waals surface area contributed by atoms with Gasteiger partial charge in [0.05, 0.1) is 11.9 Å². The Kier molecular flexibility index (Phi) is 3.25. The van der Waals surface area contributed by atoms with E-state index in [0.717, 1.165) is 18.8 Å². The Morgan fingerprint density at radius 3 is 2.94 bits per heavy atom. The fourth-order valence-corrected chi connectivity index (χ4v) is 1.29. The Hall–Kier alpha value is -1.76. The fraction of sp³-hybridized carbons (Fsp3) is 0.556. The third kappa shape index (κ3) is 2.63. The minimum absolute atomic E-state index is 0.458. The van der Waals surface area contributed by atoms with Crippen LogP contribution in [0.4, 0.5) is 0 Å². The molecule has 0 amide bonds. The van der Waals surface area contributed by atoms with Crippen LogP contribution in [0.15, 0.2) is 10.6 Å². The van der Waals surface area contributed by atoms with Gasteiger partial charge in [0.1, 0.15) is 6.54 Å². The van der Waals surface area contributed by atoms with Crippen LogP contribution in [0, 0.1) is 6.92 Å². The quantitative estimate of drug-likeness (QED) is 0.774. The Morgan fingerprint density at radius 2 is 2.25 bits per heavy atom. The lowest BCUT2D eigenvalue weighted by atomic mass is 10.4. The molecule has 86 valence electrons. The summed E-state index contributed by atoms with van der Waals surface area (Å²) in [5.41, 5.74) is 0.901. The van der Waals surface area contributed by atoms with Crippen LogP contribution in [0.5, 0.6) is 0 Å².